The molecule has 3 aromatic rings. The third-order valence-electron chi connectivity index (χ3n) is 4.78. The van der Waals surface area contributed by atoms with Crippen molar-refractivity contribution in [3.63, 3.8) is 0 Å². The molecule has 10 heteroatoms. The van der Waals surface area contributed by atoms with E-state index in [0.29, 0.717) is 28.3 Å². The maximum atomic E-state index is 13.1. The van der Waals surface area contributed by atoms with Gasteiger partial charge in [0.05, 0.1) is 12.1 Å². The predicted octanol–water partition coefficient (Wildman–Crippen LogP) is 3.33. The molecule has 2 N–H and O–H groups in total. The average molecular weight is 424 g/mol. The van der Waals surface area contributed by atoms with Gasteiger partial charge in [-0.05, 0) is 42.0 Å². The summed E-state index contributed by atoms with van der Waals surface area (Å²) in [6, 6.07) is 7.31. The third kappa shape index (κ3) is 4.38. The van der Waals surface area contributed by atoms with Crippen LogP contribution in [0.25, 0.3) is 10.2 Å². The number of piperidine rings is 1. The summed E-state index contributed by atoms with van der Waals surface area (Å²) >= 11 is 1.32. The van der Waals surface area contributed by atoms with Gasteiger partial charge in [-0.25, -0.2) is 4.98 Å². The number of aromatic nitrogens is 2. The first-order chi connectivity index (χ1) is 13.8. The van der Waals surface area contributed by atoms with Crippen molar-refractivity contribution < 1.29 is 17.9 Å². The second-order valence-corrected chi connectivity index (χ2v) is 7.89. The molecule has 4 rings (SSSR count). The van der Waals surface area contributed by atoms with Crippen LogP contribution in [-0.4, -0.2) is 35.0 Å². The molecule has 0 amide bonds. The number of halogens is 3. The third-order valence-corrected chi connectivity index (χ3v) is 5.68. The monoisotopic (exact) mass is 424 g/mol. The molecule has 0 aliphatic carbocycles. The van der Waals surface area contributed by atoms with E-state index in [1.54, 1.807) is 4.57 Å². The Kier molecular flexibility index (Phi) is 5.22. The number of nitrogens with two attached hydrogens (primary N) is 1. The summed E-state index contributed by atoms with van der Waals surface area (Å²) in [5, 5.41) is 1.82. The van der Waals surface area contributed by atoms with E-state index in [2.05, 4.69) is 9.72 Å². The highest BCUT2D eigenvalue weighted by atomic mass is 32.1. The van der Waals surface area contributed by atoms with Gasteiger partial charge in [-0.3, -0.25) is 9.36 Å². The normalized spacial score (nSPS) is 17.7. The van der Waals surface area contributed by atoms with Gasteiger partial charge >= 0.3 is 6.36 Å². The lowest BCUT2D eigenvalue weighted by atomic mass is 10.1. The summed E-state index contributed by atoms with van der Waals surface area (Å²) < 4.78 is 43.1. The number of ether oxygens (including phenoxy) is 1. The zero-order valence-electron chi connectivity index (χ0n) is 15.4. The van der Waals surface area contributed by atoms with Crippen LogP contribution in [0.1, 0.15) is 18.4 Å². The lowest BCUT2D eigenvalue weighted by molar-refractivity contribution is -0.274. The van der Waals surface area contributed by atoms with E-state index in [4.69, 9.17) is 5.73 Å². The van der Waals surface area contributed by atoms with Gasteiger partial charge in [0.1, 0.15) is 10.4 Å². The first kappa shape index (κ1) is 19.7. The van der Waals surface area contributed by atoms with Crippen molar-refractivity contribution in [2.75, 3.05) is 18.0 Å². The molecule has 1 aliphatic heterocycles. The van der Waals surface area contributed by atoms with Crippen molar-refractivity contribution in [1.82, 2.24) is 9.55 Å². The summed E-state index contributed by atoms with van der Waals surface area (Å²) in [4.78, 5) is 19.8. The summed E-state index contributed by atoms with van der Waals surface area (Å²) in [5.41, 5.74) is 7.24. The molecule has 1 fully saturated rings. The van der Waals surface area contributed by atoms with Crippen LogP contribution in [0, 0.1) is 0 Å². The van der Waals surface area contributed by atoms with Crippen LogP contribution in [0.3, 0.4) is 0 Å². The van der Waals surface area contributed by atoms with Crippen molar-refractivity contribution in [2.45, 2.75) is 31.8 Å². The molecular weight excluding hydrogens is 405 g/mol. The van der Waals surface area contributed by atoms with E-state index in [9.17, 15) is 18.0 Å². The highest BCUT2D eigenvalue weighted by molar-refractivity contribution is 7.17. The molecule has 2 aromatic heterocycles. The SMILES string of the molecule is NC1CCCN(c2nc3ccsc3c(=O)n2Cc2ccc(OC(F)(F)F)cc2)C1. The fourth-order valence-electron chi connectivity index (χ4n) is 3.49. The van der Waals surface area contributed by atoms with Crippen LogP contribution in [0.4, 0.5) is 19.1 Å². The molecule has 0 saturated carbocycles. The maximum absolute atomic E-state index is 13.1. The van der Waals surface area contributed by atoms with E-state index >= 15 is 0 Å². The second kappa shape index (κ2) is 7.68. The Labute approximate surface area is 168 Å². The Morgan fingerprint density at radius 3 is 2.69 bits per heavy atom. The van der Waals surface area contributed by atoms with E-state index in [-0.39, 0.29) is 23.9 Å². The first-order valence-corrected chi connectivity index (χ1v) is 10.0. The van der Waals surface area contributed by atoms with Crippen LogP contribution in [0.2, 0.25) is 0 Å². The van der Waals surface area contributed by atoms with Crippen LogP contribution >= 0.6 is 11.3 Å². The van der Waals surface area contributed by atoms with Gasteiger partial charge in [0.25, 0.3) is 5.56 Å². The fourth-order valence-corrected chi connectivity index (χ4v) is 4.27. The Morgan fingerprint density at radius 1 is 1.24 bits per heavy atom. The quantitative estimate of drug-likeness (QED) is 0.696. The molecule has 1 aromatic carbocycles. The first-order valence-electron chi connectivity index (χ1n) is 9.13. The van der Waals surface area contributed by atoms with Crippen LogP contribution in [-0.2, 0) is 6.54 Å². The smallest absolute Gasteiger partial charge is 0.406 e. The molecule has 0 spiro atoms. The van der Waals surface area contributed by atoms with Crippen LogP contribution in [0.15, 0.2) is 40.5 Å². The number of benzene rings is 1. The Balaban J connectivity index is 1.69. The van der Waals surface area contributed by atoms with E-state index in [1.165, 1.54) is 35.6 Å². The number of hydrogen-bond acceptors (Lipinski definition) is 6. The van der Waals surface area contributed by atoms with Gasteiger partial charge in [0.15, 0.2) is 0 Å². The molecule has 1 aliphatic rings. The van der Waals surface area contributed by atoms with Crippen molar-refractivity contribution in [3.05, 3.63) is 51.6 Å². The van der Waals surface area contributed by atoms with Gasteiger partial charge < -0.3 is 15.4 Å². The van der Waals surface area contributed by atoms with E-state index < -0.39 is 6.36 Å². The summed E-state index contributed by atoms with van der Waals surface area (Å²) in [5.74, 6) is 0.231. The lowest BCUT2D eigenvalue weighted by Crippen LogP contribution is -2.45. The summed E-state index contributed by atoms with van der Waals surface area (Å²) in [7, 11) is 0. The van der Waals surface area contributed by atoms with Gasteiger partial charge in [-0.1, -0.05) is 12.1 Å². The van der Waals surface area contributed by atoms with Crippen molar-refractivity contribution in [1.29, 1.82) is 0 Å². The Bertz CT molecular complexity index is 1060. The van der Waals surface area contributed by atoms with Crippen molar-refractivity contribution in [2.24, 2.45) is 5.73 Å². The number of thiophene rings is 1. The number of alkyl halides is 3. The lowest BCUT2D eigenvalue weighted by Gasteiger charge is -2.33. The average Bonchev–Trinajstić information content (AvgIpc) is 3.13. The molecule has 1 atom stereocenters. The molecule has 3 heterocycles. The number of rotatable bonds is 4. The zero-order chi connectivity index (χ0) is 20.6. The van der Waals surface area contributed by atoms with Gasteiger partial charge in [0.2, 0.25) is 5.95 Å². The molecule has 6 nitrogen and oxygen atoms in total. The molecular formula is C19H19F3N4O2S. The minimum atomic E-state index is -4.74. The number of anilines is 1. The minimum Gasteiger partial charge on any atom is -0.406 e. The van der Waals surface area contributed by atoms with Crippen molar-refractivity contribution >= 4 is 27.5 Å². The standard InChI is InChI=1S/C19H19F3N4O2S/c20-19(21,22)28-14-5-3-12(4-6-14)10-26-17(27)16-15(7-9-29-16)24-18(26)25-8-1-2-13(23)11-25/h3-7,9,13H,1-2,8,10-11,23H2. The van der Waals surface area contributed by atoms with Crippen LogP contribution in [0.5, 0.6) is 5.75 Å². The van der Waals surface area contributed by atoms with Crippen LogP contribution < -0.4 is 20.9 Å². The Hall–Kier alpha value is -2.59. The maximum Gasteiger partial charge on any atom is 0.573 e. The molecule has 1 saturated heterocycles. The minimum absolute atomic E-state index is 0.00562. The molecule has 29 heavy (non-hydrogen) atoms. The number of nitrogens with zero attached hydrogens (tertiary/aromatic N) is 3. The number of fused-ring (bicyclic) bond motifs is 1. The molecule has 0 bridgehead atoms. The van der Waals surface area contributed by atoms with E-state index in [1.807, 2.05) is 16.3 Å². The fraction of sp³-hybridized carbons (Fsp3) is 0.368. The molecule has 0 radical (unpaired) electrons. The number of hydrogen-bond donors (Lipinski definition) is 1. The van der Waals surface area contributed by atoms with Gasteiger partial charge in [-0.2, -0.15) is 0 Å². The topological polar surface area (TPSA) is 73.4 Å². The highest BCUT2D eigenvalue weighted by Gasteiger charge is 2.31. The molecule has 1 unspecified atom stereocenters. The predicted molar refractivity (Wildman–Crippen MR) is 106 cm³/mol. The second-order valence-electron chi connectivity index (χ2n) is 6.98. The Morgan fingerprint density at radius 2 is 2.00 bits per heavy atom. The molecule has 154 valence electrons. The summed E-state index contributed by atoms with van der Waals surface area (Å²) in [6.45, 7) is 1.53. The van der Waals surface area contributed by atoms with Crippen molar-refractivity contribution in [3.8, 4) is 5.75 Å². The summed E-state index contributed by atoms with van der Waals surface area (Å²) in [6.07, 6.45) is -2.92. The zero-order valence-corrected chi connectivity index (χ0v) is 16.2. The van der Waals surface area contributed by atoms with E-state index in [0.717, 1.165) is 19.4 Å². The van der Waals surface area contributed by atoms with Gasteiger partial charge in [-0.15, -0.1) is 24.5 Å². The largest absolute Gasteiger partial charge is 0.573 e. The van der Waals surface area contributed by atoms with Gasteiger partial charge in [0, 0.05) is 19.1 Å². The highest BCUT2D eigenvalue weighted by Crippen LogP contribution is 2.25.